The van der Waals surface area contributed by atoms with Crippen molar-refractivity contribution in [1.29, 1.82) is 0 Å². The molecule has 1 saturated heterocycles. The molecule has 2 aliphatic heterocycles. The van der Waals surface area contributed by atoms with Crippen LogP contribution in [0.25, 0.3) is 16.7 Å². The summed E-state index contributed by atoms with van der Waals surface area (Å²) in [5.41, 5.74) is 1.43. The van der Waals surface area contributed by atoms with E-state index in [1.807, 2.05) is 0 Å². The van der Waals surface area contributed by atoms with Crippen molar-refractivity contribution in [3.63, 3.8) is 0 Å². The topological polar surface area (TPSA) is 61.8 Å². The van der Waals surface area contributed by atoms with Gasteiger partial charge in [-0.05, 0) is 48.2 Å². The first-order valence-corrected chi connectivity index (χ1v) is 9.42. The van der Waals surface area contributed by atoms with Gasteiger partial charge in [-0.15, -0.1) is 0 Å². The third kappa shape index (κ3) is 3.17. The second kappa shape index (κ2) is 7.20. The van der Waals surface area contributed by atoms with Crippen LogP contribution in [0.3, 0.4) is 0 Å². The number of aliphatic hydroxyl groups excluding tert-OH is 1. The minimum absolute atomic E-state index is 0.0198. The number of hydrogen-bond acceptors (Lipinski definition) is 4. The number of rotatable bonds is 3. The first-order chi connectivity index (χ1) is 13.4. The van der Waals surface area contributed by atoms with E-state index in [1.165, 1.54) is 12.1 Å². The van der Waals surface area contributed by atoms with Gasteiger partial charge < -0.3 is 15.3 Å². The summed E-state index contributed by atoms with van der Waals surface area (Å²) in [6.07, 6.45) is 1.08. The van der Waals surface area contributed by atoms with E-state index in [9.17, 15) is 14.3 Å². The van der Waals surface area contributed by atoms with Gasteiger partial charge in [-0.1, -0.05) is 29.8 Å². The quantitative estimate of drug-likeness (QED) is 0.816. The molecule has 1 spiro atoms. The van der Waals surface area contributed by atoms with E-state index < -0.39 is 5.54 Å². The van der Waals surface area contributed by atoms with Gasteiger partial charge in [0.2, 0.25) is 0 Å². The smallest absolute Gasteiger partial charge is 0.256 e. The molecular formula is C21H20ClFN2O3. The van der Waals surface area contributed by atoms with Crippen LogP contribution in [0.1, 0.15) is 18.4 Å². The van der Waals surface area contributed by atoms with E-state index in [4.69, 9.17) is 16.4 Å². The molecule has 0 bridgehead atoms. The fourth-order valence-corrected chi connectivity index (χ4v) is 4.10. The lowest BCUT2D eigenvalue weighted by Gasteiger charge is -2.37. The fourth-order valence-electron chi connectivity index (χ4n) is 3.89. The van der Waals surface area contributed by atoms with Crippen molar-refractivity contribution in [2.75, 3.05) is 20.2 Å². The van der Waals surface area contributed by atoms with Crippen molar-refractivity contribution in [2.24, 2.45) is 0 Å². The van der Waals surface area contributed by atoms with Crippen LogP contribution >= 0.6 is 11.6 Å². The Kier molecular flexibility index (Phi) is 4.87. The molecule has 28 heavy (non-hydrogen) atoms. The van der Waals surface area contributed by atoms with E-state index in [1.54, 1.807) is 42.5 Å². The number of carbonyl (C=O) groups is 1. The Hall–Kier alpha value is -2.41. The standard InChI is InChI=1S/C21H20ClFN2O3/c1-28-25-10-8-21(9-11-25)19(26)18(20(27)24-21)16-12-14(4-7-17(16)22)13-2-5-15(23)6-3-13/h2-7,12,26H,8-11H2,1H3,(H,24,27). The lowest BCUT2D eigenvalue weighted by atomic mass is 9.86. The number of aliphatic hydroxyl groups is 1. The lowest BCUT2D eigenvalue weighted by molar-refractivity contribution is -0.152. The summed E-state index contributed by atoms with van der Waals surface area (Å²) in [5.74, 6) is -0.647. The largest absolute Gasteiger partial charge is 0.509 e. The predicted molar refractivity (Wildman–Crippen MR) is 105 cm³/mol. The van der Waals surface area contributed by atoms with Crippen molar-refractivity contribution in [2.45, 2.75) is 18.4 Å². The average molecular weight is 403 g/mol. The van der Waals surface area contributed by atoms with Crippen LogP contribution in [0, 0.1) is 5.82 Å². The zero-order valence-electron chi connectivity index (χ0n) is 15.3. The highest BCUT2D eigenvalue weighted by Crippen LogP contribution is 2.41. The molecule has 0 unspecified atom stereocenters. The van der Waals surface area contributed by atoms with Gasteiger partial charge in [0.1, 0.15) is 17.1 Å². The Morgan fingerprint density at radius 1 is 1.14 bits per heavy atom. The third-order valence-electron chi connectivity index (χ3n) is 5.52. The minimum atomic E-state index is -0.795. The molecule has 7 heteroatoms. The molecule has 0 radical (unpaired) electrons. The first-order valence-electron chi connectivity index (χ1n) is 9.05. The number of nitrogens with zero attached hydrogens (tertiary/aromatic N) is 1. The molecule has 1 fully saturated rings. The second-order valence-corrected chi connectivity index (χ2v) is 7.48. The van der Waals surface area contributed by atoms with Crippen molar-refractivity contribution < 1.29 is 19.1 Å². The molecule has 2 heterocycles. The summed E-state index contributed by atoms with van der Waals surface area (Å²) in [7, 11) is 1.60. The molecule has 5 nitrogen and oxygen atoms in total. The monoisotopic (exact) mass is 402 g/mol. The number of hydroxylamine groups is 2. The Morgan fingerprint density at radius 3 is 2.43 bits per heavy atom. The first kappa shape index (κ1) is 18.9. The normalized spacial score (nSPS) is 19.3. The molecule has 0 aromatic heterocycles. The highest BCUT2D eigenvalue weighted by atomic mass is 35.5. The number of nitrogens with one attached hydrogen (secondary N) is 1. The number of piperidine rings is 1. The summed E-state index contributed by atoms with van der Waals surface area (Å²) >= 11 is 6.38. The Balaban J connectivity index is 1.74. The highest BCUT2D eigenvalue weighted by molar-refractivity contribution is 6.35. The van der Waals surface area contributed by atoms with E-state index in [-0.39, 0.29) is 23.1 Å². The van der Waals surface area contributed by atoms with Crippen LogP contribution in [0.2, 0.25) is 5.02 Å². The number of amides is 1. The molecule has 2 aromatic carbocycles. The van der Waals surface area contributed by atoms with Gasteiger partial charge in [-0.2, -0.15) is 5.06 Å². The zero-order valence-corrected chi connectivity index (χ0v) is 16.1. The number of halogens is 2. The van der Waals surface area contributed by atoms with Gasteiger partial charge in [0, 0.05) is 23.7 Å². The Morgan fingerprint density at radius 2 is 1.79 bits per heavy atom. The molecular weight excluding hydrogens is 383 g/mol. The Bertz CT molecular complexity index is 951. The number of benzene rings is 2. The van der Waals surface area contributed by atoms with Crippen LogP contribution in [-0.4, -0.2) is 41.8 Å². The van der Waals surface area contributed by atoms with Crippen LogP contribution in [0.5, 0.6) is 0 Å². The average Bonchev–Trinajstić information content (AvgIpc) is 2.93. The van der Waals surface area contributed by atoms with Crippen LogP contribution in [0.4, 0.5) is 4.39 Å². The SMILES string of the molecule is CON1CCC2(CC1)NC(=O)C(c1cc(-c3ccc(F)cc3)ccc1Cl)=C2O. The Labute approximate surface area is 167 Å². The zero-order chi connectivity index (χ0) is 19.9. The lowest BCUT2D eigenvalue weighted by Crippen LogP contribution is -2.52. The highest BCUT2D eigenvalue weighted by Gasteiger charge is 2.48. The van der Waals surface area contributed by atoms with E-state index >= 15 is 0 Å². The maximum absolute atomic E-state index is 13.2. The molecule has 2 aliphatic rings. The molecule has 2 aromatic rings. The molecule has 0 atom stereocenters. The second-order valence-electron chi connectivity index (χ2n) is 7.07. The van der Waals surface area contributed by atoms with Gasteiger partial charge in [0.25, 0.3) is 5.91 Å². The maximum Gasteiger partial charge on any atom is 0.256 e. The predicted octanol–water partition coefficient (Wildman–Crippen LogP) is 3.94. The van der Waals surface area contributed by atoms with Crippen molar-refractivity contribution in [1.82, 2.24) is 10.4 Å². The summed E-state index contributed by atoms with van der Waals surface area (Å²) < 4.78 is 13.2. The van der Waals surface area contributed by atoms with Gasteiger partial charge in [0.05, 0.1) is 12.7 Å². The van der Waals surface area contributed by atoms with Crippen molar-refractivity contribution in [3.8, 4) is 11.1 Å². The number of hydrogen-bond donors (Lipinski definition) is 2. The van der Waals surface area contributed by atoms with Crippen LogP contribution in [0.15, 0.2) is 48.2 Å². The van der Waals surface area contributed by atoms with Crippen LogP contribution < -0.4 is 5.32 Å². The van der Waals surface area contributed by atoms with E-state index in [0.717, 1.165) is 11.1 Å². The summed E-state index contributed by atoms with van der Waals surface area (Å²) in [6, 6.07) is 11.3. The van der Waals surface area contributed by atoms with Gasteiger partial charge in [-0.25, -0.2) is 4.39 Å². The van der Waals surface area contributed by atoms with Crippen molar-refractivity contribution >= 4 is 23.1 Å². The summed E-state index contributed by atoms with van der Waals surface area (Å²) in [5, 5.41) is 16.1. The fraction of sp³-hybridized carbons (Fsp3) is 0.286. The molecule has 0 saturated carbocycles. The van der Waals surface area contributed by atoms with E-state index in [2.05, 4.69) is 5.32 Å². The summed E-state index contributed by atoms with van der Waals surface area (Å²) in [4.78, 5) is 18.0. The minimum Gasteiger partial charge on any atom is -0.509 e. The van der Waals surface area contributed by atoms with Crippen LogP contribution in [-0.2, 0) is 9.63 Å². The molecule has 4 rings (SSSR count). The third-order valence-corrected chi connectivity index (χ3v) is 5.85. The number of carbonyl (C=O) groups excluding carboxylic acids is 1. The maximum atomic E-state index is 13.2. The summed E-state index contributed by atoms with van der Waals surface area (Å²) in [6.45, 7) is 1.19. The molecule has 1 amide bonds. The van der Waals surface area contributed by atoms with E-state index in [0.29, 0.717) is 36.5 Å². The molecule has 2 N–H and O–H groups in total. The molecule has 146 valence electrons. The van der Waals surface area contributed by atoms with Gasteiger partial charge in [-0.3, -0.25) is 4.79 Å². The van der Waals surface area contributed by atoms with Gasteiger partial charge >= 0.3 is 0 Å². The molecule has 0 aliphatic carbocycles. The van der Waals surface area contributed by atoms with Gasteiger partial charge in [0.15, 0.2) is 0 Å². The van der Waals surface area contributed by atoms with Crippen molar-refractivity contribution in [3.05, 3.63) is 64.6 Å².